The molecule has 30 heavy (non-hydrogen) atoms. The third-order valence-electron chi connectivity index (χ3n) is 4.20. The smallest absolute Gasteiger partial charge is 0.335 e. The topological polar surface area (TPSA) is 93.1 Å². The van der Waals surface area contributed by atoms with Crippen molar-refractivity contribution in [1.29, 1.82) is 0 Å². The zero-order valence-corrected chi connectivity index (χ0v) is 16.8. The Bertz CT molecular complexity index is 1070. The Labute approximate surface area is 177 Å². The molecule has 0 spiro atoms. The summed E-state index contributed by atoms with van der Waals surface area (Å²) < 4.78 is 11.1. The van der Waals surface area contributed by atoms with Crippen molar-refractivity contribution in [1.82, 2.24) is 4.90 Å². The Morgan fingerprint density at radius 3 is 2.57 bits per heavy atom. The van der Waals surface area contributed by atoms with Gasteiger partial charge in [-0.25, -0.2) is 4.79 Å². The van der Waals surface area contributed by atoms with E-state index in [1.807, 2.05) is 0 Å². The molecule has 1 saturated heterocycles. The van der Waals surface area contributed by atoms with E-state index in [0.717, 1.165) is 22.2 Å². The highest BCUT2D eigenvalue weighted by atomic mass is 32.2. The lowest BCUT2D eigenvalue weighted by Gasteiger charge is -2.12. The zero-order valence-electron chi connectivity index (χ0n) is 16.0. The molecule has 0 radical (unpaired) electrons. The molecule has 2 aromatic carbocycles. The zero-order chi connectivity index (χ0) is 21.7. The number of nitrogens with zero attached hydrogens (tertiary/aromatic N) is 1. The molecule has 0 atom stereocenters. The van der Waals surface area contributed by atoms with E-state index in [1.165, 1.54) is 19.2 Å². The van der Waals surface area contributed by atoms with Gasteiger partial charge in [0.05, 0.1) is 24.1 Å². The van der Waals surface area contributed by atoms with E-state index in [0.29, 0.717) is 17.1 Å². The number of carbonyl (C=O) groups excluding carboxylic acids is 2. The SMILES string of the molecule is C#CCN1C(=O)S/C(=C/c2ccc(OCc3ccc(C(=O)O)cc3)c(OC)c2)C1=O. The van der Waals surface area contributed by atoms with Crippen LogP contribution in [0.5, 0.6) is 11.5 Å². The maximum Gasteiger partial charge on any atom is 0.335 e. The summed E-state index contributed by atoms with van der Waals surface area (Å²) in [6, 6.07) is 11.5. The van der Waals surface area contributed by atoms with Crippen molar-refractivity contribution in [2.75, 3.05) is 13.7 Å². The van der Waals surface area contributed by atoms with Crippen molar-refractivity contribution >= 4 is 35.0 Å². The van der Waals surface area contributed by atoms with Crippen LogP contribution in [-0.4, -0.2) is 40.8 Å². The van der Waals surface area contributed by atoms with Gasteiger partial charge in [0.2, 0.25) is 0 Å². The monoisotopic (exact) mass is 423 g/mol. The number of carboxylic acid groups (broad SMARTS) is 1. The Kier molecular flexibility index (Phi) is 6.45. The van der Waals surface area contributed by atoms with Gasteiger partial charge in [0.1, 0.15) is 6.61 Å². The molecule has 7 nitrogen and oxygen atoms in total. The fourth-order valence-electron chi connectivity index (χ4n) is 2.68. The third-order valence-corrected chi connectivity index (χ3v) is 5.11. The number of ether oxygens (including phenoxy) is 2. The average Bonchev–Trinajstić information content (AvgIpc) is 3.00. The minimum Gasteiger partial charge on any atom is -0.493 e. The van der Waals surface area contributed by atoms with E-state index < -0.39 is 17.1 Å². The van der Waals surface area contributed by atoms with Crippen LogP contribution in [0.25, 0.3) is 6.08 Å². The summed E-state index contributed by atoms with van der Waals surface area (Å²) in [6.45, 7) is 0.159. The fourth-order valence-corrected chi connectivity index (χ4v) is 3.52. The van der Waals surface area contributed by atoms with Crippen LogP contribution in [0, 0.1) is 12.3 Å². The van der Waals surface area contributed by atoms with Crippen molar-refractivity contribution in [3.05, 3.63) is 64.1 Å². The van der Waals surface area contributed by atoms with Crippen LogP contribution in [0.3, 0.4) is 0 Å². The minimum atomic E-state index is -0.989. The number of hydrogen-bond acceptors (Lipinski definition) is 6. The Hall–Kier alpha value is -3.70. The molecule has 1 fully saturated rings. The van der Waals surface area contributed by atoms with Gasteiger partial charge in [-0.05, 0) is 53.2 Å². The maximum atomic E-state index is 12.3. The lowest BCUT2D eigenvalue weighted by Crippen LogP contribution is -2.28. The van der Waals surface area contributed by atoms with E-state index in [4.69, 9.17) is 21.0 Å². The predicted molar refractivity (Wildman–Crippen MR) is 112 cm³/mol. The van der Waals surface area contributed by atoms with Crippen LogP contribution >= 0.6 is 11.8 Å². The van der Waals surface area contributed by atoms with Gasteiger partial charge in [0.15, 0.2) is 11.5 Å². The Balaban J connectivity index is 1.73. The van der Waals surface area contributed by atoms with Gasteiger partial charge >= 0.3 is 5.97 Å². The van der Waals surface area contributed by atoms with Gasteiger partial charge in [0.25, 0.3) is 11.1 Å². The molecule has 1 heterocycles. The number of thioether (sulfide) groups is 1. The molecular weight excluding hydrogens is 406 g/mol. The summed E-state index contributed by atoms with van der Waals surface area (Å²) in [5.74, 6) is 1.82. The largest absolute Gasteiger partial charge is 0.493 e. The Morgan fingerprint density at radius 2 is 1.93 bits per heavy atom. The molecule has 0 bridgehead atoms. The van der Waals surface area contributed by atoms with Crippen molar-refractivity contribution < 1.29 is 29.0 Å². The van der Waals surface area contributed by atoms with Crippen LogP contribution in [0.4, 0.5) is 4.79 Å². The summed E-state index contributed by atoms with van der Waals surface area (Å²) in [5.41, 5.74) is 1.66. The first-order chi connectivity index (χ1) is 14.4. The molecule has 1 N–H and O–H groups in total. The summed E-state index contributed by atoms with van der Waals surface area (Å²) in [6.07, 6.45) is 6.79. The van der Waals surface area contributed by atoms with Gasteiger partial charge in [-0.15, -0.1) is 6.42 Å². The van der Waals surface area contributed by atoms with Crippen LogP contribution < -0.4 is 9.47 Å². The van der Waals surface area contributed by atoms with Gasteiger partial charge in [-0.3, -0.25) is 14.5 Å². The number of terminal acetylenes is 1. The van der Waals surface area contributed by atoms with Crippen LogP contribution in [0.1, 0.15) is 21.5 Å². The highest BCUT2D eigenvalue weighted by molar-refractivity contribution is 8.18. The second-order valence-corrected chi connectivity index (χ2v) is 7.17. The molecule has 1 aliphatic heterocycles. The standard InChI is InChI=1S/C22H17NO6S/c1-3-10-23-20(24)19(30-22(23)27)12-15-6-9-17(18(11-15)28-2)29-13-14-4-7-16(8-5-14)21(25)26/h1,4-9,11-12H,10,13H2,2H3,(H,25,26)/b19-12+. The van der Waals surface area contributed by atoms with Crippen LogP contribution in [0.2, 0.25) is 0 Å². The second kappa shape index (κ2) is 9.20. The van der Waals surface area contributed by atoms with Crippen molar-refractivity contribution in [2.45, 2.75) is 6.61 Å². The van der Waals surface area contributed by atoms with Crippen LogP contribution in [0.15, 0.2) is 47.4 Å². The van der Waals surface area contributed by atoms with E-state index in [-0.39, 0.29) is 23.6 Å². The summed E-state index contributed by atoms with van der Waals surface area (Å²) in [4.78, 5) is 36.4. The van der Waals surface area contributed by atoms with Crippen molar-refractivity contribution in [3.63, 3.8) is 0 Å². The van der Waals surface area contributed by atoms with Gasteiger partial charge in [-0.2, -0.15) is 0 Å². The normalized spacial score (nSPS) is 14.7. The molecule has 0 saturated carbocycles. The fraction of sp³-hybridized carbons (Fsp3) is 0.136. The summed E-state index contributed by atoms with van der Waals surface area (Å²) in [7, 11) is 1.49. The third kappa shape index (κ3) is 4.64. The second-order valence-electron chi connectivity index (χ2n) is 6.17. The lowest BCUT2D eigenvalue weighted by molar-refractivity contribution is -0.122. The average molecular weight is 423 g/mol. The molecule has 2 aromatic rings. The quantitative estimate of drug-likeness (QED) is 0.537. The van der Waals surface area contributed by atoms with Crippen molar-refractivity contribution in [2.24, 2.45) is 0 Å². The highest BCUT2D eigenvalue weighted by Crippen LogP contribution is 2.34. The molecule has 0 aromatic heterocycles. The highest BCUT2D eigenvalue weighted by Gasteiger charge is 2.34. The summed E-state index contributed by atoms with van der Waals surface area (Å²) in [5, 5.41) is 8.55. The number of carboxylic acids is 1. The number of benzene rings is 2. The molecule has 152 valence electrons. The van der Waals surface area contributed by atoms with E-state index >= 15 is 0 Å². The van der Waals surface area contributed by atoms with E-state index in [1.54, 1.807) is 36.4 Å². The number of hydrogen-bond donors (Lipinski definition) is 1. The molecule has 0 unspecified atom stereocenters. The molecule has 8 heteroatoms. The van der Waals surface area contributed by atoms with Crippen molar-refractivity contribution in [3.8, 4) is 23.8 Å². The lowest BCUT2D eigenvalue weighted by atomic mass is 10.1. The van der Waals surface area contributed by atoms with Gasteiger partial charge in [0, 0.05) is 0 Å². The number of rotatable bonds is 7. The number of methoxy groups -OCH3 is 1. The first-order valence-electron chi connectivity index (χ1n) is 8.75. The Morgan fingerprint density at radius 1 is 1.20 bits per heavy atom. The number of amides is 2. The van der Waals surface area contributed by atoms with Crippen LogP contribution in [-0.2, 0) is 11.4 Å². The molecule has 1 aliphatic rings. The van der Waals surface area contributed by atoms with E-state index in [2.05, 4.69) is 5.92 Å². The first-order valence-corrected chi connectivity index (χ1v) is 9.56. The molecule has 2 amide bonds. The molecular formula is C22H17NO6S. The summed E-state index contributed by atoms with van der Waals surface area (Å²) >= 11 is 0.834. The molecule has 0 aliphatic carbocycles. The number of carbonyl (C=O) groups is 3. The van der Waals surface area contributed by atoms with E-state index in [9.17, 15) is 14.4 Å². The maximum absolute atomic E-state index is 12.3. The van der Waals surface area contributed by atoms with Gasteiger partial charge < -0.3 is 14.6 Å². The number of aromatic carboxylic acids is 1. The molecule has 3 rings (SSSR count). The first kappa shape index (κ1) is 21.0. The predicted octanol–water partition coefficient (Wildman–Crippen LogP) is 3.64. The van der Waals surface area contributed by atoms with Gasteiger partial charge in [-0.1, -0.05) is 24.1 Å². The minimum absolute atomic E-state index is 0.0639. The number of imide groups is 1.